The summed E-state index contributed by atoms with van der Waals surface area (Å²) >= 11 is 0. The number of hydrogen-bond donors (Lipinski definition) is 2. The topological polar surface area (TPSA) is 116 Å². The van der Waals surface area contributed by atoms with Crippen LogP contribution >= 0.6 is 0 Å². The highest BCUT2D eigenvalue weighted by atomic mass is 16.4. The van der Waals surface area contributed by atoms with Gasteiger partial charge in [0.05, 0.1) is 5.92 Å². The van der Waals surface area contributed by atoms with Crippen molar-refractivity contribution in [3.8, 4) is 0 Å². The van der Waals surface area contributed by atoms with E-state index >= 15 is 0 Å². The number of carbonyl (C=O) groups is 3. The molecule has 0 radical (unpaired) electrons. The Morgan fingerprint density at radius 1 is 1.29 bits per heavy atom. The van der Waals surface area contributed by atoms with Gasteiger partial charge in [0.15, 0.2) is 11.5 Å². The van der Waals surface area contributed by atoms with E-state index in [1.54, 1.807) is 11.0 Å². The molecule has 3 rings (SSSR count). The highest BCUT2D eigenvalue weighted by Gasteiger charge is 2.34. The molecule has 9 nitrogen and oxygen atoms in total. The number of nitrogens with zero attached hydrogens (tertiary/aromatic N) is 4. The Morgan fingerprint density at radius 3 is 2.68 bits per heavy atom. The molecule has 1 unspecified atom stereocenters. The normalized spacial score (nSPS) is 20.3. The molecule has 1 atom stereocenters. The molecule has 0 saturated carbocycles. The van der Waals surface area contributed by atoms with Gasteiger partial charge in [-0.15, -0.1) is 6.58 Å². The number of rotatable bonds is 7. The monoisotopic (exact) mass is 387 g/mol. The molecule has 150 valence electrons. The number of anilines is 1. The lowest BCUT2D eigenvalue weighted by molar-refractivity contribution is -0.128. The van der Waals surface area contributed by atoms with Crippen LogP contribution in [-0.4, -0.2) is 70.5 Å². The average Bonchev–Trinajstić information content (AvgIpc) is 3.07. The van der Waals surface area contributed by atoms with E-state index in [2.05, 4.69) is 21.9 Å². The van der Waals surface area contributed by atoms with Gasteiger partial charge in [-0.1, -0.05) is 6.08 Å². The SMILES string of the molecule is C=CCN1CC(C(=O)NCC2CCN(c3nccnc3C(=O)O)CC2)CC1=O. The summed E-state index contributed by atoms with van der Waals surface area (Å²) in [4.78, 5) is 47.2. The molecule has 0 aliphatic carbocycles. The predicted octanol–water partition coefficient (Wildman–Crippen LogP) is 0.542. The zero-order valence-corrected chi connectivity index (χ0v) is 15.7. The van der Waals surface area contributed by atoms with Crippen molar-refractivity contribution >= 4 is 23.6 Å². The molecule has 2 amide bonds. The van der Waals surface area contributed by atoms with Gasteiger partial charge < -0.3 is 20.2 Å². The van der Waals surface area contributed by atoms with Crippen molar-refractivity contribution in [2.24, 2.45) is 11.8 Å². The molecular weight excluding hydrogens is 362 g/mol. The molecule has 28 heavy (non-hydrogen) atoms. The number of carboxylic acids is 1. The summed E-state index contributed by atoms with van der Waals surface area (Å²) in [7, 11) is 0. The summed E-state index contributed by atoms with van der Waals surface area (Å²) in [5, 5.41) is 12.2. The summed E-state index contributed by atoms with van der Waals surface area (Å²) in [6.07, 6.45) is 6.43. The number of carbonyl (C=O) groups excluding carboxylic acids is 2. The van der Waals surface area contributed by atoms with E-state index in [1.165, 1.54) is 12.4 Å². The van der Waals surface area contributed by atoms with E-state index in [9.17, 15) is 19.5 Å². The van der Waals surface area contributed by atoms with Crippen molar-refractivity contribution in [2.75, 3.05) is 37.6 Å². The molecule has 1 aromatic rings. The predicted molar refractivity (Wildman–Crippen MR) is 102 cm³/mol. The van der Waals surface area contributed by atoms with Gasteiger partial charge >= 0.3 is 5.97 Å². The fraction of sp³-hybridized carbons (Fsp3) is 0.526. The van der Waals surface area contributed by atoms with E-state index < -0.39 is 5.97 Å². The zero-order valence-electron chi connectivity index (χ0n) is 15.7. The molecule has 2 N–H and O–H groups in total. The molecule has 2 fully saturated rings. The van der Waals surface area contributed by atoms with Crippen LogP contribution in [0.2, 0.25) is 0 Å². The molecule has 9 heteroatoms. The van der Waals surface area contributed by atoms with Crippen LogP contribution in [0, 0.1) is 11.8 Å². The maximum Gasteiger partial charge on any atom is 0.358 e. The van der Waals surface area contributed by atoms with Gasteiger partial charge in [0.2, 0.25) is 11.8 Å². The first-order valence-electron chi connectivity index (χ1n) is 9.45. The van der Waals surface area contributed by atoms with Crippen molar-refractivity contribution < 1.29 is 19.5 Å². The molecule has 3 heterocycles. The van der Waals surface area contributed by atoms with Crippen LogP contribution in [0.25, 0.3) is 0 Å². The third-order valence-electron chi connectivity index (χ3n) is 5.30. The van der Waals surface area contributed by atoms with Gasteiger partial charge in [-0.25, -0.2) is 14.8 Å². The first kappa shape index (κ1) is 19.8. The zero-order chi connectivity index (χ0) is 20.1. The van der Waals surface area contributed by atoms with Gasteiger partial charge in [-0.05, 0) is 18.8 Å². The van der Waals surface area contributed by atoms with Crippen molar-refractivity contribution in [3.63, 3.8) is 0 Å². The fourth-order valence-corrected chi connectivity index (χ4v) is 3.73. The number of aromatic carboxylic acids is 1. The number of amides is 2. The fourth-order valence-electron chi connectivity index (χ4n) is 3.73. The second-order valence-corrected chi connectivity index (χ2v) is 7.20. The van der Waals surface area contributed by atoms with Crippen LogP contribution in [0.3, 0.4) is 0 Å². The lowest BCUT2D eigenvalue weighted by atomic mass is 9.96. The Hall–Kier alpha value is -2.97. The molecule has 2 aliphatic heterocycles. The van der Waals surface area contributed by atoms with Gasteiger partial charge in [-0.3, -0.25) is 9.59 Å². The van der Waals surface area contributed by atoms with E-state index in [4.69, 9.17) is 0 Å². The number of carboxylic acid groups (broad SMARTS) is 1. The lowest BCUT2D eigenvalue weighted by Crippen LogP contribution is -2.41. The summed E-state index contributed by atoms with van der Waals surface area (Å²) in [6, 6.07) is 0. The Morgan fingerprint density at radius 2 is 2.00 bits per heavy atom. The Labute approximate surface area is 163 Å². The second-order valence-electron chi connectivity index (χ2n) is 7.20. The van der Waals surface area contributed by atoms with Gasteiger partial charge in [0, 0.05) is 51.5 Å². The molecule has 0 spiro atoms. The van der Waals surface area contributed by atoms with Crippen molar-refractivity contribution in [2.45, 2.75) is 19.3 Å². The van der Waals surface area contributed by atoms with Crippen molar-refractivity contribution in [1.82, 2.24) is 20.2 Å². The average molecular weight is 387 g/mol. The van der Waals surface area contributed by atoms with Crippen LogP contribution in [0.5, 0.6) is 0 Å². The molecular formula is C19H25N5O4. The third kappa shape index (κ3) is 4.47. The quantitative estimate of drug-likeness (QED) is 0.656. The highest BCUT2D eigenvalue weighted by Crippen LogP contribution is 2.24. The van der Waals surface area contributed by atoms with Gasteiger partial charge in [-0.2, -0.15) is 0 Å². The number of hydrogen-bond acceptors (Lipinski definition) is 6. The van der Waals surface area contributed by atoms with Crippen molar-refractivity contribution in [3.05, 3.63) is 30.7 Å². The van der Waals surface area contributed by atoms with Crippen molar-refractivity contribution in [1.29, 1.82) is 0 Å². The molecule has 0 bridgehead atoms. The molecule has 1 aromatic heterocycles. The van der Waals surface area contributed by atoms with Crippen LogP contribution in [0.15, 0.2) is 25.0 Å². The summed E-state index contributed by atoms with van der Waals surface area (Å²) < 4.78 is 0. The summed E-state index contributed by atoms with van der Waals surface area (Å²) in [5.41, 5.74) is -0.0377. The number of nitrogens with one attached hydrogen (secondary N) is 1. The minimum Gasteiger partial charge on any atom is -0.476 e. The highest BCUT2D eigenvalue weighted by molar-refractivity contribution is 5.91. The lowest BCUT2D eigenvalue weighted by Gasteiger charge is -2.33. The number of piperidine rings is 1. The Balaban J connectivity index is 1.46. The van der Waals surface area contributed by atoms with Gasteiger partial charge in [0.1, 0.15) is 0 Å². The first-order chi connectivity index (χ1) is 13.5. The maximum atomic E-state index is 12.4. The molecule has 2 aliphatic rings. The third-order valence-corrected chi connectivity index (χ3v) is 5.30. The minimum atomic E-state index is -1.09. The summed E-state index contributed by atoms with van der Waals surface area (Å²) in [6.45, 7) is 6.43. The standard InChI is InChI=1S/C19H25N5O4/c1-2-7-24-12-14(10-15(24)25)18(26)22-11-13-3-8-23(9-4-13)17-16(19(27)28)20-5-6-21-17/h2,5-6,13-14H,1,3-4,7-12H2,(H,22,26)(H,27,28). The first-order valence-corrected chi connectivity index (χ1v) is 9.45. The minimum absolute atomic E-state index is 0.00781. The maximum absolute atomic E-state index is 12.4. The van der Waals surface area contributed by atoms with Crippen LogP contribution in [0.4, 0.5) is 5.82 Å². The second kappa shape index (κ2) is 8.81. The Bertz CT molecular complexity index is 760. The molecule has 2 saturated heterocycles. The van der Waals surface area contributed by atoms with E-state index in [0.717, 1.165) is 12.8 Å². The summed E-state index contributed by atoms with van der Waals surface area (Å²) in [5.74, 6) is -0.772. The van der Waals surface area contributed by atoms with Crippen LogP contribution in [0.1, 0.15) is 29.8 Å². The number of aromatic nitrogens is 2. The van der Waals surface area contributed by atoms with Crippen LogP contribution < -0.4 is 10.2 Å². The van der Waals surface area contributed by atoms with E-state index in [0.29, 0.717) is 44.5 Å². The van der Waals surface area contributed by atoms with E-state index in [1.807, 2.05) is 4.90 Å². The largest absolute Gasteiger partial charge is 0.476 e. The smallest absolute Gasteiger partial charge is 0.358 e. The Kier molecular flexibility index (Phi) is 6.23. The number of likely N-dealkylation sites (tertiary alicyclic amines) is 1. The molecule has 0 aromatic carbocycles. The van der Waals surface area contributed by atoms with Crippen LogP contribution in [-0.2, 0) is 9.59 Å². The van der Waals surface area contributed by atoms with Gasteiger partial charge in [0.25, 0.3) is 0 Å². The van der Waals surface area contributed by atoms with E-state index in [-0.39, 0.29) is 29.8 Å².